The topological polar surface area (TPSA) is 119 Å². The Morgan fingerprint density at radius 3 is 2.31 bits per heavy atom. The number of nitrogens with zero attached hydrogens (tertiary/aromatic N) is 2. The second-order valence-electron chi connectivity index (χ2n) is 8.43. The summed E-state index contributed by atoms with van der Waals surface area (Å²) in [6.45, 7) is 5.07. The fourth-order valence-electron chi connectivity index (χ4n) is 3.64. The number of nitrogens with one attached hydrogen (secondary N) is 2. The Balaban J connectivity index is 1.59. The summed E-state index contributed by atoms with van der Waals surface area (Å²) in [4.78, 5) is 50.3. The van der Waals surface area contributed by atoms with Gasteiger partial charge in [0.2, 0.25) is 5.91 Å². The minimum Gasteiger partial charge on any atom is -0.494 e. The maximum absolute atomic E-state index is 12.8. The first-order chi connectivity index (χ1) is 17.4. The SMILES string of the molecule is CCCCCn1nc(C(=O)NNC(=O)CCC(=O)c2ccc(OCCC)cc2)c2ccccc2c1=O. The van der Waals surface area contributed by atoms with Crippen LogP contribution < -0.4 is 21.1 Å². The van der Waals surface area contributed by atoms with Crippen LogP contribution >= 0.6 is 0 Å². The summed E-state index contributed by atoms with van der Waals surface area (Å²) in [7, 11) is 0. The van der Waals surface area contributed by atoms with Crippen molar-refractivity contribution in [2.45, 2.75) is 58.9 Å². The van der Waals surface area contributed by atoms with Gasteiger partial charge >= 0.3 is 0 Å². The number of carbonyl (C=O) groups excluding carboxylic acids is 3. The minimum absolute atomic E-state index is 0.0135. The summed E-state index contributed by atoms with van der Waals surface area (Å²) in [5.74, 6) is -0.657. The Morgan fingerprint density at radius 1 is 0.889 bits per heavy atom. The molecule has 0 unspecified atom stereocenters. The Bertz CT molecular complexity index is 1270. The van der Waals surface area contributed by atoms with Crippen LogP contribution in [0.2, 0.25) is 0 Å². The number of aryl methyl sites for hydroxylation is 1. The molecule has 3 rings (SSSR count). The molecule has 0 aliphatic carbocycles. The molecule has 9 heteroatoms. The molecular weight excluding hydrogens is 460 g/mol. The molecule has 2 aromatic carbocycles. The largest absolute Gasteiger partial charge is 0.494 e. The van der Waals surface area contributed by atoms with Crippen molar-refractivity contribution in [3.8, 4) is 5.75 Å². The van der Waals surface area contributed by atoms with E-state index in [1.807, 2.05) is 6.92 Å². The van der Waals surface area contributed by atoms with Crippen molar-refractivity contribution in [2.75, 3.05) is 6.61 Å². The normalized spacial score (nSPS) is 10.7. The highest BCUT2D eigenvalue weighted by molar-refractivity contribution is 6.05. The number of Topliss-reactive ketones (excluding diaryl/α,β-unsaturated/α-hetero) is 1. The fraction of sp³-hybridized carbons (Fsp3) is 0.370. The molecule has 0 radical (unpaired) electrons. The second-order valence-corrected chi connectivity index (χ2v) is 8.43. The first kappa shape index (κ1) is 26.6. The Morgan fingerprint density at radius 2 is 1.61 bits per heavy atom. The molecule has 2 amide bonds. The molecule has 0 atom stereocenters. The van der Waals surface area contributed by atoms with E-state index in [0.717, 1.165) is 25.7 Å². The molecule has 190 valence electrons. The number of ether oxygens (including phenoxy) is 1. The van der Waals surface area contributed by atoms with Crippen LogP contribution in [0.25, 0.3) is 10.8 Å². The summed E-state index contributed by atoms with van der Waals surface area (Å²) in [6, 6.07) is 13.5. The summed E-state index contributed by atoms with van der Waals surface area (Å²) in [6.07, 6.45) is 3.47. The van der Waals surface area contributed by atoms with Gasteiger partial charge in [0.25, 0.3) is 11.5 Å². The van der Waals surface area contributed by atoms with Gasteiger partial charge in [0.05, 0.1) is 12.0 Å². The number of unbranched alkanes of at least 4 members (excludes halogenated alkanes) is 2. The highest BCUT2D eigenvalue weighted by Crippen LogP contribution is 2.15. The Kier molecular flexibility index (Phi) is 9.73. The number of ketones is 1. The predicted molar refractivity (Wildman–Crippen MR) is 137 cm³/mol. The predicted octanol–water partition coefficient (Wildman–Crippen LogP) is 3.80. The number of aromatic nitrogens is 2. The number of hydrazine groups is 1. The van der Waals surface area contributed by atoms with Crippen molar-refractivity contribution in [1.29, 1.82) is 0 Å². The molecule has 1 aromatic heterocycles. The van der Waals surface area contributed by atoms with E-state index in [4.69, 9.17) is 4.74 Å². The molecular formula is C27H32N4O5. The summed E-state index contributed by atoms with van der Waals surface area (Å²) in [5, 5.41) is 5.06. The highest BCUT2D eigenvalue weighted by Gasteiger charge is 2.17. The molecule has 0 saturated heterocycles. The zero-order valence-corrected chi connectivity index (χ0v) is 20.7. The quantitative estimate of drug-likeness (QED) is 0.225. The molecule has 0 spiro atoms. The van der Waals surface area contributed by atoms with Crippen molar-refractivity contribution in [1.82, 2.24) is 20.6 Å². The monoisotopic (exact) mass is 492 g/mol. The smallest absolute Gasteiger partial charge is 0.290 e. The van der Waals surface area contributed by atoms with Crippen LogP contribution in [0.3, 0.4) is 0 Å². The van der Waals surface area contributed by atoms with Gasteiger partial charge in [-0.05, 0) is 43.2 Å². The molecule has 3 aromatic rings. The van der Waals surface area contributed by atoms with Crippen LogP contribution in [-0.2, 0) is 11.3 Å². The number of fused-ring (bicyclic) bond motifs is 1. The van der Waals surface area contributed by atoms with Crippen LogP contribution in [0.1, 0.15) is 73.2 Å². The first-order valence-corrected chi connectivity index (χ1v) is 12.3. The van der Waals surface area contributed by atoms with E-state index in [2.05, 4.69) is 22.9 Å². The number of benzene rings is 2. The van der Waals surface area contributed by atoms with E-state index in [0.29, 0.717) is 35.2 Å². The lowest BCUT2D eigenvalue weighted by atomic mass is 10.1. The maximum Gasteiger partial charge on any atom is 0.290 e. The standard InChI is InChI=1S/C27H32N4O5/c1-3-5-8-17-31-27(35)22-10-7-6-9-21(22)25(30-31)26(34)29-28-24(33)16-15-23(32)19-11-13-20(14-12-19)36-18-4-2/h6-7,9-14H,3-5,8,15-18H2,1-2H3,(H,28,33)(H,29,34). The van der Waals surface area contributed by atoms with Crippen LogP contribution in [-0.4, -0.2) is 34.0 Å². The molecule has 0 aliphatic rings. The molecule has 0 saturated carbocycles. The highest BCUT2D eigenvalue weighted by atomic mass is 16.5. The van der Waals surface area contributed by atoms with Gasteiger partial charge in [0.15, 0.2) is 11.5 Å². The van der Waals surface area contributed by atoms with E-state index in [9.17, 15) is 19.2 Å². The second kappa shape index (κ2) is 13.2. The zero-order chi connectivity index (χ0) is 25.9. The minimum atomic E-state index is -0.641. The molecule has 9 nitrogen and oxygen atoms in total. The van der Waals surface area contributed by atoms with Crippen molar-refractivity contribution in [3.05, 3.63) is 70.1 Å². The van der Waals surface area contributed by atoms with Gasteiger partial charge in [-0.25, -0.2) is 4.68 Å². The van der Waals surface area contributed by atoms with Crippen molar-refractivity contribution < 1.29 is 19.1 Å². The molecule has 0 fully saturated rings. The lowest BCUT2D eigenvalue weighted by Crippen LogP contribution is -2.42. The van der Waals surface area contributed by atoms with Gasteiger partial charge in [0, 0.05) is 30.3 Å². The Labute approximate surface area is 209 Å². The lowest BCUT2D eigenvalue weighted by molar-refractivity contribution is -0.121. The first-order valence-electron chi connectivity index (χ1n) is 12.3. The van der Waals surface area contributed by atoms with Gasteiger partial charge in [-0.3, -0.25) is 30.0 Å². The van der Waals surface area contributed by atoms with E-state index in [1.165, 1.54) is 4.68 Å². The number of hydrogen-bond acceptors (Lipinski definition) is 6. The average Bonchev–Trinajstić information content (AvgIpc) is 2.90. The average molecular weight is 493 g/mol. The number of hydrogen-bond donors (Lipinski definition) is 2. The molecule has 36 heavy (non-hydrogen) atoms. The van der Waals surface area contributed by atoms with E-state index in [-0.39, 0.29) is 29.9 Å². The number of carbonyl (C=O) groups is 3. The van der Waals surface area contributed by atoms with Gasteiger partial charge < -0.3 is 4.74 Å². The van der Waals surface area contributed by atoms with Crippen LogP contribution in [0.5, 0.6) is 5.75 Å². The van der Waals surface area contributed by atoms with Crippen molar-refractivity contribution in [2.24, 2.45) is 0 Å². The van der Waals surface area contributed by atoms with E-state index < -0.39 is 11.8 Å². The van der Waals surface area contributed by atoms with Crippen molar-refractivity contribution in [3.63, 3.8) is 0 Å². The van der Waals surface area contributed by atoms with E-state index >= 15 is 0 Å². The van der Waals surface area contributed by atoms with Gasteiger partial charge in [-0.2, -0.15) is 5.10 Å². The number of amides is 2. The molecule has 0 bridgehead atoms. The summed E-state index contributed by atoms with van der Waals surface area (Å²) < 4.78 is 6.80. The summed E-state index contributed by atoms with van der Waals surface area (Å²) >= 11 is 0. The lowest BCUT2D eigenvalue weighted by Gasteiger charge is -2.12. The third-order valence-corrected chi connectivity index (χ3v) is 5.60. The molecule has 2 N–H and O–H groups in total. The maximum atomic E-state index is 12.8. The van der Waals surface area contributed by atoms with Gasteiger partial charge in [-0.15, -0.1) is 0 Å². The summed E-state index contributed by atoms with van der Waals surface area (Å²) in [5.41, 5.74) is 4.95. The zero-order valence-electron chi connectivity index (χ0n) is 20.7. The molecule has 0 aliphatic heterocycles. The third-order valence-electron chi connectivity index (χ3n) is 5.60. The van der Waals surface area contributed by atoms with E-state index in [1.54, 1.807) is 48.5 Å². The van der Waals surface area contributed by atoms with Crippen LogP contribution in [0, 0.1) is 0 Å². The Hall–Kier alpha value is -4.01. The number of rotatable bonds is 12. The van der Waals surface area contributed by atoms with Gasteiger partial charge in [-0.1, -0.05) is 44.9 Å². The van der Waals surface area contributed by atoms with Crippen LogP contribution in [0.15, 0.2) is 53.3 Å². The van der Waals surface area contributed by atoms with Gasteiger partial charge in [0.1, 0.15) is 5.75 Å². The van der Waals surface area contributed by atoms with Crippen molar-refractivity contribution >= 4 is 28.4 Å². The van der Waals surface area contributed by atoms with Crippen LogP contribution in [0.4, 0.5) is 0 Å². The third kappa shape index (κ3) is 7.00. The molecule has 1 heterocycles. The fourth-order valence-corrected chi connectivity index (χ4v) is 3.64.